The number of carbonyl (C=O) groups excluding carboxylic acids is 1. The van der Waals surface area contributed by atoms with Gasteiger partial charge >= 0.3 is 0 Å². The number of hydrogen-bond donors (Lipinski definition) is 1. The minimum atomic E-state index is -1.07. The number of nitrogens with one attached hydrogen (secondary N) is 1. The summed E-state index contributed by atoms with van der Waals surface area (Å²) in [5, 5.41) is 2.56. The average molecular weight is 337 g/mol. The summed E-state index contributed by atoms with van der Waals surface area (Å²) in [7, 11) is 3.06. The molecule has 128 valence electrons. The predicted octanol–water partition coefficient (Wildman–Crippen LogP) is 2.79. The molecule has 24 heavy (non-hydrogen) atoms. The highest BCUT2D eigenvalue weighted by molar-refractivity contribution is 5.94. The lowest BCUT2D eigenvalue weighted by Crippen LogP contribution is -2.28. The highest BCUT2D eigenvalue weighted by Crippen LogP contribution is 2.27. The van der Waals surface area contributed by atoms with Gasteiger partial charge in [-0.05, 0) is 18.2 Å². The van der Waals surface area contributed by atoms with Gasteiger partial charge in [-0.1, -0.05) is 0 Å². The van der Waals surface area contributed by atoms with Gasteiger partial charge in [0.2, 0.25) is 0 Å². The van der Waals surface area contributed by atoms with Gasteiger partial charge in [-0.3, -0.25) is 4.79 Å². The van der Waals surface area contributed by atoms with Gasteiger partial charge in [-0.25, -0.2) is 8.78 Å². The quantitative estimate of drug-likeness (QED) is 0.790. The van der Waals surface area contributed by atoms with Crippen molar-refractivity contribution in [1.29, 1.82) is 0 Å². The van der Waals surface area contributed by atoms with Crippen LogP contribution in [0.4, 0.5) is 8.78 Å². The van der Waals surface area contributed by atoms with Gasteiger partial charge in [0.05, 0.1) is 20.8 Å². The van der Waals surface area contributed by atoms with Crippen LogP contribution in [0.2, 0.25) is 0 Å². The molecule has 0 aliphatic rings. The van der Waals surface area contributed by atoms with Gasteiger partial charge < -0.3 is 19.5 Å². The first-order valence-corrected chi connectivity index (χ1v) is 7.12. The molecule has 0 spiro atoms. The molecular weight excluding hydrogens is 320 g/mol. The molecule has 2 aromatic rings. The molecule has 0 heterocycles. The van der Waals surface area contributed by atoms with Crippen LogP contribution >= 0.6 is 0 Å². The zero-order valence-electron chi connectivity index (χ0n) is 13.3. The molecule has 5 nitrogen and oxygen atoms in total. The van der Waals surface area contributed by atoms with E-state index in [0.29, 0.717) is 17.2 Å². The Kier molecular flexibility index (Phi) is 5.95. The molecule has 1 N–H and O–H groups in total. The summed E-state index contributed by atoms with van der Waals surface area (Å²) < 4.78 is 41.7. The third kappa shape index (κ3) is 4.58. The van der Waals surface area contributed by atoms with Crippen LogP contribution in [0.1, 0.15) is 10.4 Å². The molecular formula is C17H17F2NO4. The summed E-state index contributed by atoms with van der Waals surface area (Å²) in [6.45, 7) is 0.378. The SMILES string of the molecule is COc1cc(OC)cc(OCCNC(=O)c2ccc(F)c(F)c2)c1. The standard InChI is InChI=1S/C17H17F2NO4/c1-22-12-8-13(23-2)10-14(9-12)24-6-5-20-17(21)11-3-4-15(18)16(19)7-11/h3-4,7-10H,5-6H2,1-2H3,(H,20,21). The smallest absolute Gasteiger partial charge is 0.251 e. The van der Waals surface area contributed by atoms with E-state index >= 15 is 0 Å². The summed E-state index contributed by atoms with van der Waals surface area (Å²) in [6.07, 6.45) is 0. The number of methoxy groups -OCH3 is 2. The maximum absolute atomic E-state index is 13.1. The Morgan fingerprint density at radius 3 is 2.17 bits per heavy atom. The van der Waals surface area contributed by atoms with E-state index in [4.69, 9.17) is 14.2 Å². The molecule has 0 saturated heterocycles. The molecule has 0 radical (unpaired) electrons. The van der Waals surface area contributed by atoms with Crippen LogP contribution < -0.4 is 19.5 Å². The molecule has 0 unspecified atom stereocenters. The Bertz CT molecular complexity index is 699. The van der Waals surface area contributed by atoms with Crippen LogP contribution in [0.15, 0.2) is 36.4 Å². The van der Waals surface area contributed by atoms with Crippen molar-refractivity contribution >= 4 is 5.91 Å². The van der Waals surface area contributed by atoms with Crippen molar-refractivity contribution in [1.82, 2.24) is 5.32 Å². The molecule has 1 amide bonds. The lowest BCUT2D eigenvalue weighted by molar-refractivity contribution is 0.0946. The zero-order valence-corrected chi connectivity index (χ0v) is 13.3. The first-order valence-electron chi connectivity index (χ1n) is 7.12. The number of carbonyl (C=O) groups is 1. The second-order valence-corrected chi connectivity index (χ2v) is 4.78. The fourth-order valence-corrected chi connectivity index (χ4v) is 1.94. The summed E-state index contributed by atoms with van der Waals surface area (Å²) in [6, 6.07) is 8.03. The van der Waals surface area contributed by atoms with E-state index in [9.17, 15) is 13.6 Å². The number of amides is 1. The van der Waals surface area contributed by atoms with Crippen molar-refractivity contribution < 1.29 is 27.8 Å². The molecule has 0 saturated carbocycles. The van der Waals surface area contributed by atoms with Gasteiger partial charge in [-0.2, -0.15) is 0 Å². The summed E-state index contributed by atoms with van der Waals surface area (Å²) >= 11 is 0. The third-order valence-corrected chi connectivity index (χ3v) is 3.16. The van der Waals surface area contributed by atoms with Crippen molar-refractivity contribution in [2.45, 2.75) is 0 Å². The molecule has 0 fully saturated rings. The Hall–Kier alpha value is -2.83. The summed E-state index contributed by atoms with van der Waals surface area (Å²) in [4.78, 5) is 11.8. The van der Waals surface area contributed by atoms with E-state index in [-0.39, 0.29) is 18.7 Å². The van der Waals surface area contributed by atoms with E-state index in [2.05, 4.69) is 5.32 Å². The number of hydrogen-bond acceptors (Lipinski definition) is 4. The minimum absolute atomic E-state index is 0.0388. The summed E-state index contributed by atoms with van der Waals surface area (Å²) in [5.74, 6) is -0.899. The van der Waals surface area contributed by atoms with Crippen LogP contribution in [0.5, 0.6) is 17.2 Å². The number of halogens is 2. The van der Waals surface area contributed by atoms with E-state index in [1.54, 1.807) is 18.2 Å². The van der Waals surface area contributed by atoms with Crippen molar-refractivity contribution in [3.8, 4) is 17.2 Å². The van der Waals surface area contributed by atoms with Gasteiger partial charge in [-0.15, -0.1) is 0 Å². The maximum Gasteiger partial charge on any atom is 0.251 e. The van der Waals surface area contributed by atoms with Crippen LogP contribution in [0.25, 0.3) is 0 Å². The second kappa shape index (κ2) is 8.14. The molecule has 0 atom stereocenters. The monoisotopic (exact) mass is 337 g/mol. The van der Waals surface area contributed by atoms with E-state index in [1.165, 1.54) is 20.3 Å². The largest absolute Gasteiger partial charge is 0.496 e. The molecule has 7 heteroatoms. The van der Waals surface area contributed by atoms with E-state index in [0.717, 1.165) is 12.1 Å². The number of rotatable bonds is 7. The summed E-state index contributed by atoms with van der Waals surface area (Å²) in [5.41, 5.74) is 0.0388. The Balaban J connectivity index is 1.86. The minimum Gasteiger partial charge on any atom is -0.496 e. The van der Waals surface area contributed by atoms with E-state index < -0.39 is 17.5 Å². The van der Waals surface area contributed by atoms with Gasteiger partial charge in [0, 0.05) is 23.8 Å². The van der Waals surface area contributed by atoms with Crippen molar-refractivity contribution in [3.63, 3.8) is 0 Å². The Morgan fingerprint density at radius 2 is 1.58 bits per heavy atom. The molecule has 0 aliphatic heterocycles. The Morgan fingerprint density at radius 1 is 0.958 bits per heavy atom. The molecule has 0 aliphatic carbocycles. The van der Waals surface area contributed by atoms with Gasteiger partial charge in [0.1, 0.15) is 23.9 Å². The molecule has 2 aromatic carbocycles. The highest BCUT2D eigenvalue weighted by Gasteiger charge is 2.09. The zero-order chi connectivity index (χ0) is 17.5. The highest BCUT2D eigenvalue weighted by atomic mass is 19.2. The normalized spacial score (nSPS) is 10.2. The Labute approximate surface area is 138 Å². The predicted molar refractivity (Wildman–Crippen MR) is 83.7 cm³/mol. The lowest BCUT2D eigenvalue weighted by atomic mass is 10.2. The molecule has 2 rings (SSSR count). The number of ether oxygens (including phenoxy) is 3. The molecule has 0 aromatic heterocycles. The van der Waals surface area contributed by atoms with Crippen molar-refractivity contribution in [3.05, 3.63) is 53.6 Å². The number of benzene rings is 2. The average Bonchev–Trinajstić information content (AvgIpc) is 2.60. The van der Waals surface area contributed by atoms with Crippen LogP contribution in [-0.4, -0.2) is 33.3 Å². The van der Waals surface area contributed by atoms with Crippen LogP contribution in [-0.2, 0) is 0 Å². The van der Waals surface area contributed by atoms with E-state index in [1.807, 2.05) is 0 Å². The van der Waals surface area contributed by atoms with Gasteiger partial charge in [0.25, 0.3) is 5.91 Å². The lowest BCUT2D eigenvalue weighted by Gasteiger charge is -2.11. The first kappa shape index (κ1) is 17.5. The van der Waals surface area contributed by atoms with Crippen LogP contribution in [0, 0.1) is 11.6 Å². The van der Waals surface area contributed by atoms with Gasteiger partial charge in [0.15, 0.2) is 11.6 Å². The fourth-order valence-electron chi connectivity index (χ4n) is 1.94. The van der Waals surface area contributed by atoms with Crippen molar-refractivity contribution in [2.75, 3.05) is 27.4 Å². The first-order chi connectivity index (χ1) is 11.5. The molecule has 0 bridgehead atoms. The second-order valence-electron chi connectivity index (χ2n) is 4.78. The third-order valence-electron chi connectivity index (χ3n) is 3.16. The fraction of sp³-hybridized carbons (Fsp3) is 0.235. The van der Waals surface area contributed by atoms with Crippen molar-refractivity contribution in [2.24, 2.45) is 0 Å². The topological polar surface area (TPSA) is 56.8 Å². The maximum atomic E-state index is 13.1. The van der Waals surface area contributed by atoms with Crippen LogP contribution in [0.3, 0.4) is 0 Å².